The molecule has 0 aliphatic heterocycles. The van der Waals surface area contributed by atoms with Gasteiger partial charge in [0.1, 0.15) is 28.2 Å². The smallest absolute Gasteiger partial charge is 0.185 e. The van der Waals surface area contributed by atoms with Gasteiger partial charge in [0.25, 0.3) is 0 Å². The number of hydrogen-bond donors (Lipinski definition) is 3. The van der Waals surface area contributed by atoms with Crippen molar-refractivity contribution < 1.29 is 0 Å². The number of aromatic nitrogens is 8. The molecule has 0 aliphatic carbocycles. The molecule has 0 spiro atoms. The van der Waals surface area contributed by atoms with Crippen molar-refractivity contribution in [2.45, 2.75) is 0 Å². The van der Waals surface area contributed by atoms with Gasteiger partial charge in [0.05, 0.1) is 11.6 Å². The minimum absolute atomic E-state index is 0.291. The number of nitriles is 1. The Morgan fingerprint density at radius 2 is 0.829 bits per heavy atom. The number of hydrogen-bond acceptors (Lipinski definition) is 6. The van der Waals surface area contributed by atoms with Gasteiger partial charge in [-0.25, -0.2) is 15.0 Å². The molecule has 4 aromatic carbocycles. The van der Waals surface area contributed by atoms with Crippen LogP contribution < -0.4 is 0 Å². The van der Waals surface area contributed by atoms with Crippen LogP contribution in [0.4, 0.5) is 0 Å². The normalized spacial score (nSPS) is 11.4. The first-order valence-corrected chi connectivity index (χ1v) is 13.0. The number of H-pyrrole nitrogens is 3. The van der Waals surface area contributed by atoms with Crippen molar-refractivity contribution in [1.29, 1.82) is 5.26 Å². The lowest BCUT2D eigenvalue weighted by Crippen LogP contribution is -1.92. The van der Waals surface area contributed by atoms with Crippen LogP contribution in [-0.2, 0) is 0 Å². The van der Waals surface area contributed by atoms with Gasteiger partial charge in [0.2, 0.25) is 0 Å². The SMILES string of the molecule is N#Cc1ccccc1-c1nnc2[nH]c(nc3[nH]c(nc4[nH]c(n1)c1ccccc41)c1ccccc31)c1ccccc21. The Kier molecular flexibility index (Phi) is 4.99. The predicted molar refractivity (Wildman–Crippen MR) is 160 cm³/mol. The van der Waals surface area contributed by atoms with Crippen LogP contribution in [0.2, 0.25) is 0 Å². The Bertz CT molecular complexity index is 2460. The van der Waals surface area contributed by atoms with Crippen LogP contribution in [0, 0.1) is 11.3 Å². The Balaban J connectivity index is 1.62. The molecule has 4 heterocycles. The molecule has 0 radical (unpaired) electrons. The highest BCUT2D eigenvalue weighted by molar-refractivity contribution is 6.09. The minimum atomic E-state index is 0.291. The van der Waals surface area contributed by atoms with E-state index in [1.807, 2.05) is 91.0 Å². The summed E-state index contributed by atoms with van der Waals surface area (Å²) in [6.45, 7) is 0. The van der Waals surface area contributed by atoms with Crippen molar-refractivity contribution in [2.24, 2.45) is 0 Å². The van der Waals surface area contributed by atoms with Gasteiger partial charge in [-0.3, -0.25) is 0 Å². The second-order valence-electron chi connectivity index (χ2n) is 9.62. The highest BCUT2D eigenvalue weighted by Gasteiger charge is 2.12. The summed E-state index contributed by atoms with van der Waals surface area (Å²) in [5.41, 5.74) is 4.76. The van der Waals surface area contributed by atoms with Crippen molar-refractivity contribution in [3.8, 4) is 17.5 Å². The van der Waals surface area contributed by atoms with E-state index < -0.39 is 0 Å². The van der Waals surface area contributed by atoms with Crippen molar-refractivity contribution in [2.75, 3.05) is 0 Å². The number of rotatable bonds is 1. The summed E-state index contributed by atoms with van der Waals surface area (Å²) >= 11 is 0. The van der Waals surface area contributed by atoms with Crippen molar-refractivity contribution in [3.05, 3.63) is 103 Å². The van der Waals surface area contributed by atoms with E-state index in [-0.39, 0.29) is 0 Å². The summed E-state index contributed by atoms with van der Waals surface area (Å²) in [6, 6.07) is 33.3. The summed E-state index contributed by atoms with van der Waals surface area (Å²) in [6.07, 6.45) is 0. The highest BCUT2D eigenvalue weighted by atomic mass is 15.2. The third kappa shape index (κ3) is 3.66. The van der Waals surface area contributed by atoms with E-state index >= 15 is 0 Å². The van der Waals surface area contributed by atoms with Crippen molar-refractivity contribution >= 4 is 66.2 Å². The molecular formula is C32H19N9. The highest BCUT2D eigenvalue weighted by Crippen LogP contribution is 2.28. The molecular weight excluding hydrogens is 510 g/mol. The van der Waals surface area contributed by atoms with Gasteiger partial charge in [0.15, 0.2) is 11.5 Å². The predicted octanol–water partition coefficient (Wildman–Crippen LogP) is 6.79. The quantitative estimate of drug-likeness (QED) is 0.214. The first kappa shape index (κ1) is 22.8. The molecule has 8 aromatic rings. The van der Waals surface area contributed by atoms with Crippen LogP contribution in [0.3, 0.4) is 0 Å². The van der Waals surface area contributed by atoms with Gasteiger partial charge < -0.3 is 15.0 Å². The first-order chi connectivity index (χ1) is 20.3. The number of nitrogens with zero attached hydrogens (tertiary/aromatic N) is 6. The standard InChI is InChI=1S/C32H19N9/c33-17-18-9-1-2-10-19(18)31-38-29-23-14-6-5-13-22(23)28(36-29)35-26-20-11-3-4-12-21(20)27(34-26)37-30-24-15-7-8-16-25(24)32(39-30)41-40-31/h1-16H,(H3,34,35,36,37,38,39,40,41). The fraction of sp³-hybridized carbons (Fsp3) is 0. The average Bonchev–Trinajstić information content (AvgIpc) is 3.67. The third-order valence-electron chi connectivity index (χ3n) is 7.22. The van der Waals surface area contributed by atoms with E-state index in [9.17, 15) is 5.26 Å². The van der Waals surface area contributed by atoms with Crippen LogP contribution in [0.15, 0.2) is 97.1 Å². The molecule has 6 bridgehead atoms. The van der Waals surface area contributed by atoms with E-state index in [1.165, 1.54) is 0 Å². The van der Waals surface area contributed by atoms with E-state index in [1.54, 1.807) is 6.07 Å². The van der Waals surface area contributed by atoms with Gasteiger partial charge in [-0.15, -0.1) is 10.2 Å². The molecule has 41 heavy (non-hydrogen) atoms. The summed E-state index contributed by atoms with van der Waals surface area (Å²) in [5.74, 6) is 0.291. The molecule has 0 atom stereocenters. The monoisotopic (exact) mass is 529 g/mol. The topological polar surface area (TPSA) is 136 Å². The number of benzene rings is 4. The van der Waals surface area contributed by atoms with E-state index in [0.717, 1.165) is 32.3 Å². The zero-order valence-electron chi connectivity index (χ0n) is 21.4. The summed E-state index contributed by atoms with van der Waals surface area (Å²) in [7, 11) is 0. The van der Waals surface area contributed by atoms with Crippen LogP contribution in [0.25, 0.3) is 77.6 Å². The van der Waals surface area contributed by atoms with Crippen LogP contribution in [0.5, 0.6) is 0 Å². The lowest BCUT2D eigenvalue weighted by Gasteiger charge is -1.99. The molecule has 0 fully saturated rings. The molecule has 9 heteroatoms. The average molecular weight is 530 g/mol. The Morgan fingerprint density at radius 1 is 0.439 bits per heavy atom. The second kappa shape index (κ2) is 8.97. The zero-order valence-corrected chi connectivity index (χ0v) is 21.4. The molecule has 8 rings (SSSR count). The van der Waals surface area contributed by atoms with Crippen LogP contribution in [-0.4, -0.2) is 40.1 Å². The molecule has 9 nitrogen and oxygen atoms in total. The maximum atomic E-state index is 9.86. The fourth-order valence-electron chi connectivity index (χ4n) is 5.29. The summed E-state index contributed by atoms with van der Waals surface area (Å²) < 4.78 is 0. The van der Waals surface area contributed by atoms with Crippen LogP contribution in [0.1, 0.15) is 5.56 Å². The first-order valence-electron chi connectivity index (χ1n) is 13.0. The Labute approximate surface area is 231 Å². The van der Waals surface area contributed by atoms with E-state index in [4.69, 9.17) is 15.0 Å². The maximum absolute atomic E-state index is 9.86. The van der Waals surface area contributed by atoms with Crippen molar-refractivity contribution in [3.63, 3.8) is 0 Å². The fourth-order valence-corrected chi connectivity index (χ4v) is 5.29. The number of nitrogens with one attached hydrogen (secondary N) is 3. The Morgan fingerprint density at radius 3 is 1.32 bits per heavy atom. The van der Waals surface area contributed by atoms with E-state index in [0.29, 0.717) is 50.8 Å². The third-order valence-corrected chi connectivity index (χ3v) is 7.22. The van der Waals surface area contributed by atoms with Gasteiger partial charge >= 0.3 is 0 Å². The van der Waals surface area contributed by atoms with Crippen LogP contribution >= 0.6 is 0 Å². The second-order valence-corrected chi connectivity index (χ2v) is 9.62. The number of fused-ring (bicyclic) bond motifs is 15. The molecule has 4 aromatic heterocycles. The van der Waals surface area contributed by atoms with Gasteiger partial charge in [0, 0.05) is 37.9 Å². The molecule has 3 N–H and O–H groups in total. The zero-order chi connectivity index (χ0) is 27.3. The lowest BCUT2D eigenvalue weighted by atomic mass is 10.1. The Hall–Kier alpha value is -6.14. The largest absolute Gasteiger partial charge is 0.324 e. The molecule has 0 saturated carbocycles. The van der Waals surface area contributed by atoms with Crippen molar-refractivity contribution in [1.82, 2.24) is 40.1 Å². The van der Waals surface area contributed by atoms with Gasteiger partial charge in [-0.05, 0) is 12.1 Å². The summed E-state index contributed by atoms with van der Waals surface area (Å²) in [4.78, 5) is 25.1. The minimum Gasteiger partial charge on any atom is -0.324 e. The van der Waals surface area contributed by atoms with E-state index in [2.05, 4.69) is 31.2 Å². The molecule has 192 valence electrons. The molecule has 0 saturated heterocycles. The lowest BCUT2D eigenvalue weighted by molar-refractivity contribution is 1.04. The molecule has 0 unspecified atom stereocenters. The van der Waals surface area contributed by atoms with Gasteiger partial charge in [-0.2, -0.15) is 5.26 Å². The maximum Gasteiger partial charge on any atom is 0.185 e. The summed E-state index contributed by atoms with van der Waals surface area (Å²) in [5, 5.41) is 24.5. The number of aromatic amines is 3. The van der Waals surface area contributed by atoms with Gasteiger partial charge in [-0.1, -0.05) is 84.9 Å². The molecule has 0 aliphatic rings. The molecule has 0 amide bonds.